The van der Waals surface area contributed by atoms with Gasteiger partial charge in [0.1, 0.15) is 22.9 Å². The number of piperidine rings is 1. The number of aromatic nitrogens is 4. The normalized spacial score (nSPS) is 15.5. The van der Waals surface area contributed by atoms with Crippen molar-refractivity contribution in [2.24, 2.45) is 0 Å². The van der Waals surface area contributed by atoms with Crippen molar-refractivity contribution in [1.29, 1.82) is 0 Å². The second-order valence-electron chi connectivity index (χ2n) is 10.9. The molecule has 4 heterocycles. The van der Waals surface area contributed by atoms with E-state index in [1.54, 1.807) is 59.8 Å². The minimum atomic E-state index is -0.594. The first kappa shape index (κ1) is 28.1. The van der Waals surface area contributed by atoms with E-state index in [1.165, 1.54) is 0 Å². The number of nitrogen functional groups attached to an aromatic ring is 1. The lowest BCUT2D eigenvalue weighted by Crippen LogP contribution is -2.43. The zero-order valence-electron chi connectivity index (χ0n) is 23.2. The van der Waals surface area contributed by atoms with Crippen LogP contribution >= 0.6 is 11.6 Å². The van der Waals surface area contributed by atoms with E-state index in [-0.39, 0.29) is 18.0 Å². The van der Waals surface area contributed by atoms with E-state index in [0.717, 1.165) is 23.9 Å². The van der Waals surface area contributed by atoms with Crippen molar-refractivity contribution in [3.8, 4) is 11.3 Å². The smallest absolute Gasteiger partial charge is 0.410 e. The van der Waals surface area contributed by atoms with Crippen molar-refractivity contribution in [3.63, 3.8) is 0 Å². The van der Waals surface area contributed by atoms with E-state index in [1.807, 2.05) is 25.5 Å². The summed E-state index contributed by atoms with van der Waals surface area (Å²) < 4.78 is 7.53. The highest BCUT2D eigenvalue weighted by atomic mass is 35.5. The van der Waals surface area contributed by atoms with Crippen LogP contribution in [-0.4, -0.2) is 55.3 Å². The molecule has 0 saturated carbocycles. The molecule has 0 radical (unpaired) electrons. The molecule has 1 saturated heterocycles. The number of anilines is 2. The molecule has 2 amide bonds. The number of ether oxygens (including phenoxy) is 1. The summed E-state index contributed by atoms with van der Waals surface area (Å²) in [4.78, 5) is 35.9. The molecule has 3 N–H and O–H groups in total. The fraction of sp³-hybridized carbons (Fsp3) is 0.300. The van der Waals surface area contributed by atoms with Crippen molar-refractivity contribution < 1.29 is 14.3 Å². The van der Waals surface area contributed by atoms with E-state index in [2.05, 4.69) is 21.9 Å². The van der Waals surface area contributed by atoms with E-state index in [9.17, 15) is 9.59 Å². The maximum absolute atomic E-state index is 12.9. The number of amides is 2. The molecular formula is C30H32ClN7O3. The summed E-state index contributed by atoms with van der Waals surface area (Å²) in [6.45, 7) is 10.5. The Morgan fingerprint density at radius 1 is 1.22 bits per heavy atom. The molecule has 11 heteroatoms. The van der Waals surface area contributed by atoms with Gasteiger partial charge < -0.3 is 20.7 Å². The molecule has 5 rings (SSSR count). The minimum Gasteiger partial charge on any atom is -0.444 e. The van der Waals surface area contributed by atoms with Gasteiger partial charge in [-0.2, -0.15) is 5.10 Å². The van der Waals surface area contributed by atoms with Crippen molar-refractivity contribution in [2.75, 3.05) is 24.1 Å². The number of halogens is 1. The lowest BCUT2D eigenvalue weighted by Gasteiger charge is -2.34. The maximum atomic E-state index is 12.9. The van der Waals surface area contributed by atoms with Crippen LogP contribution in [-0.2, 0) is 4.74 Å². The zero-order chi connectivity index (χ0) is 29.3. The van der Waals surface area contributed by atoms with Crippen LogP contribution in [0.25, 0.3) is 28.2 Å². The SMILES string of the molecule is C=Cc1cnc(N)c2c(-c3ccc(C(=O)Nc4ccccn4)cc3Cl)nn(C3CCCN(C(=O)OC(C)(C)C)C3)c12. The number of benzene rings is 1. The number of pyridine rings is 2. The van der Waals surface area contributed by atoms with Crippen molar-refractivity contribution in [3.05, 3.63) is 71.5 Å². The van der Waals surface area contributed by atoms with E-state index in [0.29, 0.717) is 52.0 Å². The zero-order valence-corrected chi connectivity index (χ0v) is 24.0. The Hall–Kier alpha value is -4.44. The molecule has 0 spiro atoms. The average Bonchev–Trinajstić information content (AvgIpc) is 3.34. The molecule has 41 heavy (non-hydrogen) atoms. The lowest BCUT2D eigenvalue weighted by atomic mass is 10.0. The molecule has 1 aliphatic heterocycles. The summed E-state index contributed by atoms with van der Waals surface area (Å²) in [5.74, 6) is 0.387. The Bertz CT molecular complexity index is 1630. The molecule has 0 bridgehead atoms. The summed E-state index contributed by atoms with van der Waals surface area (Å²) in [5, 5.41) is 8.72. The number of nitrogens with zero attached hydrogens (tertiary/aromatic N) is 5. The van der Waals surface area contributed by atoms with Crippen LogP contribution in [0.3, 0.4) is 0 Å². The van der Waals surface area contributed by atoms with Crippen LogP contribution < -0.4 is 11.1 Å². The van der Waals surface area contributed by atoms with Gasteiger partial charge >= 0.3 is 6.09 Å². The largest absolute Gasteiger partial charge is 0.444 e. The molecule has 1 atom stereocenters. The monoisotopic (exact) mass is 573 g/mol. The highest BCUT2D eigenvalue weighted by Gasteiger charge is 2.31. The van der Waals surface area contributed by atoms with Crippen molar-refractivity contribution in [1.82, 2.24) is 24.6 Å². The fourth-order valence-electron chi connectivity index (χ4n) is 4.94. The lowest BCUT2D eigenvalue weighted by molar-refractivity contribution is 0.0169. The summed E-state index contributed by atoms with van der Waals surface area (Å²) in [7, 11) is 0. The van der Waals surface area contributed by atoms with Gasteiger partial charge in [0.25, 0.3) is 5.91 Å². The van der Waals surface area contributed by atoms with Gasteiger partial charge in [-0.3, -0.25) is 9.48 Å². The topological polar surface area (TPSA) is 128 Å². The molecule has 1 fully saturated rings. The first-order chi connectivity index (χ1) is 19.6. The van der Waals surface area contributed by atoms with Crippen molar-refractivity contribution >= 4 is 52.2 Å². The summed E-state index contributed by atoms with van der Waals surface area (Å²) >= 11 is 6.76. The molecule has 0 aliphatic carbocycles. The summed E-state index contributed by atoms with van der Waals surface area (Å²) in [5.41, 5.74) is 8.83. The van der Waals surface area contributed by atoms with Gasteiger partial charge in [0.2, 0.25) is 0 Å². The first-order valence-electron chi connectivity index (χ1n) is 13.3. The van der Waals surface area contributed by atoms with Crippen LogP contribution in [0.15, 0.2) is 55.4 Å². The summed E-state index contributed by atoms with van der Waals surface area (Å²) in [6.07, 6.45) is 6.19. The van der Waals surface area contributed by atoms with Gasteiger partial charge in [-0.15, -0.1) is 0 Å². The third-order valence-corrected chi connectivity index (χ3v) is 7.10. The quantitative estimate of drug-likeness (QED) is 0.291. The number of hydrogen-bond acceptors (Lipinski definition) is 7. The van der Waals surface area contributed by atoms with Crippen molar-refractivity contribution in [2.45, 2.75) is 45.3 Å². The molecule has 1 aliphatic rings. The fourth-order valence-corrected chi connectivity index (χ4v) is 5.21. The number of carbonyl (C=O) groups excluding carboxylic acids is 2. The van der Waals surface area contributed by atoms with Gasteiger partial charge in [-0.25, -0.2) is 14.8 Å². The highest BCUT2D eigenvalue weighted by Crippen LogP contribution is 2.39. The van der Waals surface area contributed by atoms with Gasteiger partial charge in [0, 0.05) is 42.2 Å². The Morgan fingerprint density at radius 2 is 2.02 bits per heavy atom. The molecule has 1 unspecified atom stereocenters. The van der Waals surface area contributed by atoms with E-state index < -0.39 is 5.60 Å². The number of likely N-dealkylation sites (tertiary alicyclic amines) is 1. The van der Waals surface area contributed by atoms with E-state index in [4.69, 9.17) is 27.2 Å². The predicted molar refractivity (Wildman–Crippen MR) is 161 cm³/mol. The number of nitrogens with one attached hydrogen (secondary N) is 1. The van der Waals surface area contributed by atoms with Gasteiger partial charge in [-0.05, 0) is 57.9 Å². The molecule has 3 aromatic heterocycles. The average molecular weight is 574 g/mol. The Labute approximate surface area is 243 Å². The Kier molecular flexibility index (Phi) is 7.68. The predicted octanol–water partition coefficient (Wildman–Crippen LogP) is 6.20. The number of hydrogen-bond donors (Lipinski definition) is 2. The van der Waals surface area contributed by atoms with E-state index >= 15 is 0 Å². The molecule has 1 aromatic carbocycles. The number of nitrogens with two attached hydrogens (primary N) is 1. The molecule has 4 aromatic rings. The number of carbonyl (C=O) groups is 2. The second kappa shape index (κ2) is 11.2. The van der Waals surface area contributed by atoms with Crippen LogP contribution in [0.1, 0.15) is 55.6 Å². The minimum absolute atomic E-state index is 0.143. The number of fused-ring (bicyclic) bond motifs is 1. The third-order valence-electron chi connectivity index (χ3n) is 6.79. The highest BCUT2D eigenvalue weighted by molar-refractivity contribution is 6.34. The second-order valence-corrected chi connectivity index (χ2v) is 11.3. The van der Waals surface area contributed by atoms with Gasteiger partial charge in [-0.1, -0.05) is 36.4 Å². The van der Waals surface area contributed by atoms with Crippen LogP contribution in [0.2, 0.25) is 5.02 Å². The van der Waals surface area contributed by atoms with Crippen LogP contribution in [0.5, 0.6) is 0 Å². The van der Waals surface area contributed by atoms with Gasteiger partial charge in [0.15, 0.2) is 0 Å². The van der Waals surface area contributed by atoms with Crippen LogP contribution in [0.4, 0.5) is 16.4 Å². The Balaban J connectivity index is 1.54. The standard InChI is InChI=1S/C30H32ClN7O3/c1-5-18-16-34-27(32)24-25(21-12-11-19(15-22(21)31)28(39)35-23-10-6-7-13-33-23)36-38(26(18)24)20-9-8-14-37(17-20)29(40)41-30(2,3)4/h5-7,10-13,15-16,20H,1,8-9,14,17H2,2-4H3,(H2,32,34)(H,33,35,39). The third kappa shape index (κ3) is 5.88. The first-order valence-corrected chi connectivity index (χ1v) is 13.7. The maximum Gasteiger partial charge on any atom is 0.410 e. The molecule has 10 nitrogen and oxygen atoms in total. The molecule has 212 valence electrons. The van der Waals surface area contributed by atoms with Gasteiger partial charge in [0.05, 0.1) is 22.0 Å². The Morgan fingerprint density at radius 3 is 2.71 bits per heavy atom. The summed E-state index contributed by atoms with van der Waals surface area (Å²) in [6, 6.07) is 10.1. The van der Waals surface area contributed by atoms with Crippen LogP contribution in [0, 0.1) is 0 Å². The molecular weight excluding hydrogens is 542 g/mol. The number of rotatable bonds is 5.